The molecule has 0 bridgehead atoms. The lowest BCUT2D eigenvalue weighted by Gasteiger charge is -2.65. The van der Waals surface area contributed by atoms with Crippen LogP contribution in [0.25, 0.3) is 0 Å². The molecule has 19 heteroatoms. The summed E-state index contributed by atoms with van der Waals surface area (Å²) in [7, 11) is 0. The summed E-state index contributed by atoms with van der Waals surface area (Å²) in [5.74, 6) is -0.523. The van der Waals surface area contributed by atoms with Crippen LogP contribution >= 0.6 is 0 Å². The zero-order valence-electron chi connectivity index (χ0n) is 39.3. The third-order valence-electron chi connectivity index (χ3n) is 19.9. The average Bonchev–Trinajstić information content (AvgIpc) is 3.63. The van der Waals surface area contributed by atoms with E-state index in [4.69, 9.17) is 33.2 Å². The van der Waals surface area contributed by atoms with Gasteiger partial charge in [-0.2, -0.15) is 0 Å². The van der Waals surface area contributed by atoms with Crippen molar-refractivity contribution in [1.29, 1.82) is 0 Å². The van der Waals surface area contributed by atoms with E-state index in [-0.39, 0.29) is 35.2 Å². The molecule has 4 heterocycles. The summed E-state index contributed by atoms with van der Waals surface area (Å²) in [6.45, 7) is 13.0. The maximum absolute atomic E-state index is 12.5. The lowest BCUT2D eigenvalue weighted by Crippen LogP contribution is -2.65. The molecule has 380 valence electrons. The van der Waals surface area contributed by atoms with Crippen molar-refractivity contribution in [3.8, 4) is 0 Å². The highest BCUT2D eigenvalue weighted by Crippen LogP contribution is 2.89. The molecule has 4 saturated heterocycles. The number of ether oxygens (including phenoxy) is 7. The van der Waals surface area contributed by atoms with E-state index >= 15 is 0 Å². The molecule has 9 rings (SSSR count). The highest BCUT2D eigenvalue weighted by molar-refractivity contribution is 5.33. The summed E-state index contributed by atoms with van der Waals surface area (Å²) in [6.07, 6.45) is -16.3. The maximum atomic E-state index is 12.5. The quantitative estimate of drug-likeness (QED) is 0.112. The van der Waals surface area contributed by atoms with Gasteiger partial charge in [0.1, 0.15) is 67.1 Å². The largest absolute Gasteiger partial charge is 0.394 e. The molecule has 0 amide bonds. The van der Waals surface area contributed by atoms with E-state index in [0.717, 1.165) is 25.7 Å². The fourth-order valence-electron chi connectivity index (χ4n) is 16.4. The van der Waals surface area contributed by atoms with Gasteiger partial charge < -0.3 is 94.4 Å². The lowest BCUT2D eigenvalue weighted by atomic mass is 9.41. The van der Waals surface area contributed by atoms with Crippen LogP contribution in [0.15, 0.2) is 0 Å². The number of hydrogen-bond acceptors (Lipinski definition) is 19. The van der Waals surface area contributed by atoms with Crippen molar-refractivity contribution in [2.75, 3.05) is 19.8 Å². The molecule has 19 nitrogen and oxygen atoms in total. The molecule has 26 atom stereocenters. The van der Waals surface area contributed by atoms with Gasteiger partial charge in [0.2, 0.25) is 0 Å². The van der Waals surface area contributed by atoms with Crippen LogP contribution in [0, 0.1) is 44.8 Å². The second-order valence-corrected chi connectivity index (χ2v) is 23.8. The van der Waals surface area contributed by atoms with Crippen molar-refractivity contribution in [1.82, 2.24) is 0 Å². The second-order valence-electron chi connectivity index (χ2n) is 23.8. The zero-order chi connectivity index (χ0) is 48.1. The molecule has 12 N–H and O–H groups in total. The SMILES string of the molecule is CC(C)(O[C@@H]1O[C@@H](CO)[C@H](O)[C@H](O)[C@@H]1O)[C@@H]1CC[C@](C)([C@@H]2[C@@H](O)C[C@@]3(C)[C@H]4C[C@H](O[C@H]5O[C@@H](CO)[C@H](O)[C@@H](O)[C@@H]5O)[C@@H]5C(C)(C)[C@H](O[C@@H]6OC[C@@H](O)[C@H](O)[C@H]6O)CC[C@@]56C[C@@]46CC[C@]23C)O1. The fraction of sp³-hybridized carbons (Fsp3) is 1.00. The Morgan fingerprint density at radius 2 is 1.20 bits per heavy atom. The van der Waals surface area contributed by atoms with Crippen LogP contribution in [0.3, 0.4) is 0 Å². The molecule has 9 fully saturated rings. The van der Waals surface area contributed by atoms with Gasteiger partial charge in [-0.1, -0.05) is 27.7 Å². The van der Waals surface area contributed by atoms with Crippen molar-refractivity contribution >= 4 is 0 Å². The van der Waals surface area contributed by atoms with Gasteiger partial charge in [0, 0.05) is 5.92 Å². The number of hydrogen-bond donors (Lipinski definition) is 12. The third-order valence-corrected chi connectivity index (χ3v) is 19.9. The van der Waals surface area contributed by atoms with Crippen LogP contribution in [0.2, 0.25) is 0 Å². The highest BCUT2D eigenvalue weighted by Gasteiger charge is 2.85. The zero-order valence-corrected chi connectivity index (χ0v) is 39.3. The third kappa shape index (κ3) is 7.22. The van der Waals surface area contributed by atoms with Crippen LogP contribution in [-0.4, -0.2) is 203 Å². The van der Waals surface area contributed by atoms with Gasteiger partial charge in [0.15, 0.2) is 18.9 Å². The first-order valence-electron chi connectivity index (χ1n) is 24.4. The van der Waals surface area contributed by atoms with Gasteiger partial charge in [0.05, 0.1) is 55.4 Å². The van der Waals surface area contributed by atoms with Crippen molar-refractivity contribution in [3.05, 3.63) is 0 Å². The molecule has 0 radical (unpaired) electrons. The Hall–Kier alpha value is -0.760. The van der Waals surface area contributed by atoms with Gasteiger partial charge in [-0.25, -0.2) is 0 Å². The van der Waals surface area contributed by atoms with E-state index < -0.39 is 151 Å². The summed E-state index contributed by atoms with van der Waals surface area (Å²) in [6, 6.07) is 0. The second kappa shape index (κ2) is 16.9. The van der Waals surface area contributed by atoms with Crippen molar-refractivity contribution < 1.29 is 94.4 Å². The Morgan fingerprint density at radius 1 is 0.591 bits per heavy atom. The average molecular weight is 947 g/mol. The Kier molecular flexibility index (Phi) is 12.9. The lowest BCUT2D eigenvalue weighted by molar-refractivity contribution is -0.339. The van der Waals surface area contributed by atoms with Gasteiger partial charge in [-0.05, 0) is 117 Å². The molecule has 0 unspecified atom stereocenters. The standard InChI is InChI=1S/C47H78O19/c1-41(2)26(64-38-33(57)28(52)21(51)18-60-38)9-11-47-19-46(47)13-12-43(5)36(45(7)10-8-27(65-45)42(3,4)66-40-35(59)32(56)30(54)24(17-49)63-40)20(50)15-44(43,6)25(46)14-22(37(41)47)61-39-34(58)31(55)29(53)23(16-48)62-39/h20-40,48-59H,8-19H2,1-7H3/t20-,21+,22-,23-,24-,25+,26+,27-,28-,29-,30-,31+,32-,33+,34-,35-,36+,37+,38-,39-,40-,43+,44-,45+,46-,47+/m0/s1. The Bertz CT molecular complexity index is 1770. The Labute approximate surface area is 386 Å². The number of rotatable bonds is 10. The molecule has 5 aliphatic carbocycles. The van der Waals surface area contributed by atoms with Crippen LogP contribution < -0.4 is 0 Å². The van der Waals surface area contributed by atoms with E-state index in [0.29, 0.717) is 32.1 Å². The minimum absolute atomic E-state index is 0.00898. The first-order chi connectivity index (χ1) is 30.8. The van der Waals surface area contributed by atoms with Crippen LogP contribution in [0.5, 0.6) is 0 Å². The van der Waals surface area contributed by atoms with E-state index in [2.05, 4.69) is 34.6 Å². The summed E-state index contributed by atoms with van der Waals surface area (Å²) in [5, 5.41) is 129. The molecule has 0 aromatic carbocycles. The molecule has 5 saturated carbocycles. The first kappa shape index (κ1) is 50.2. The number of aliphatic hydroxyl groups excluding tert-OH is 12. The summed E-state index contributed by atoms with van der Waals surface area (Å²) in [4.78, 5) is 0. The van der Waals surface area contributed by atoms with E-state index in [9.17, 15) is 61.3 Å². The fourth-order valence-corrected chi connectivity index (χ4v) is 16.4. The van der Waals surface area contributed by atoms with Crippen LogP contribution in [-0.2, 0) is 33.2 Å². The summed E-state index contributed by atoms with van der Waals surface area (Å²) in [5.41, 5.74) is -3.88. The summed E-state index contributed by atoms with van der Waals surface area (Å²) >= 11 is 0. The highest BCUT2D eigenvalue weighted by atomic mass is 16.7. The van der Waals surface area contributed by atoms with E-state index in [1.165, 1.54) is 0 Å². The van der Waals surface area contributed by atoms with Gasteiger partial charge in [-0.15, -0.1) is 0 Å². The van der Waals surface area contributed by atoms with Gasteiger partial charge in [0.25, 0.3) is 0 Å². The molecule has 4 aliphatic heterocycles. The predicted molar refractivity (Wildman–Crippen MR) is 226 cm³/mol. The van der Waals surface area contributed by atoms with E-state index in [1.54, 1.807) is 0 Å². The molecular formula is C47H78O19. The van der Waals surface area contributed by atoms with Gasteiger partial charge >= 0.3 is 0 Å². The molecule has 66 heavy (non-hydrogen) atoms. The van der Waals surface area contributed by atoms with Crippen LogP contribution in [0.1, 0.15) is 106 Å². The summed E-state index contributed by atoms with van der Waals surface area (Å²) < 4.78 is 44.3. The normalized spacial score (nSPS) is 58.0. The number of fused-ring (bicyclic) bond motifs is 2. The molecule has 9 aliphatic rings. The molecule has 2 spiro atoms. The predicted octanol–water partition coefficient (Wildman–Crippen LogP) is -1.45. The monoisotopic (exact) mass is 947 g/mol. The van der Waals surface area contributed by atoms with E-state index in [1.807, 2.05) is 13.8 Å². The Morgan fingerprint density at radius 3 is 1.83 bits per heavy atom. The topological polar surface area (TPSA) is 307 Å². The number of aliphatic hydroxyl groups is 12. The first-order valence-corrected chi connectivity index (χ1v) is 24.4. The molecule has 0 aromatic heterocycles. The van der Waals surface area contributed by atoms with Crippen molar-refractivity contribution in [3.63, 3.8) is 0 Å². The maximum Gasteiger partial charge on any atom is 0.187 e. The minimum Gasteiger partial charge on any atom is -0.394 e. The minimum atomic E-state index is -1.65. The van der Waals surface area contributed by atoms with Crippen molar-refractivity contribution in [2.24, 2.45) is 44.8 Å². The van der Waals surface area contributed by atoms with Gasteiger partial charge in [-0.3, -0.25) is 0 Å². The molecular weight excluding hydrogens is 868 g/mol. The van der Waals surface area contributed by atoms with Crippen molar-refractivity contribution in [2.45, 2.75) is 228 Å². The van der Waals surface area contributed by atoms with Crippen LogP contribution in [0.4, 0.5) is 0 Å². The Balaban J connectivity index is 1.01. The molecule has 0 aromatic rings. The smallest absolute Gasteiger partial charge is 0.187 e.